The largest absolute Gasteiger partial charge is 0.326 e. The van der Waals surface area contributed by atoms with Crippen molar-refractivity contribution in [2.75, 3.05) is 17.2 Å². The Morgan fingerprint density at radius 1 is 1.05 bits per heavy atom. The van der Waals surface area contributed by atoms with Gasteiger partial charge in [0.2, 0.25) is 11.8 Å². The summed E-state index contributed by atoms with van der Waals surface area (Å²) >= 11 is 0. The van der Waals surface area contributed by atoms with Crippen LogP contribution in [-0.2, 0) is 9.59 Å². The van der Waals surface area contributed by atoms with E-state index in [1.165, 1.54) is 0 Å². The average Bonchev–Trinajstić information content (AvgIpc) is 3.14. The first-order valence-electron chi connectivity index (χ1n) is 7.17. The van der Waals surface area contributed by atoms with Crippen LogP contribution >= 0.6 is 12.4 Å². The molecule has 2 amide bonds. The van der Waals surface area contributed by atoms with Gasteiger partial charge < -0.3 is 16.0 Å². The summed E-state index contributed by atoms with van der Waals surface area (Å²) in [6, 6.07) is 7.20. The standard InChI is InChI=1S/C15H19N3O2.ClH/c19-14(10-6-7-10)17-11-3-1-4-12(9-11)18-15(20)13-5-2-8-16-13;/h1,3-4,9-10,13,16H,2,5-8H2,(H,17,19)(H,18,20);1H. The minimum atomic E-state index is -0.0975. The van der Waals surface area contributed by atoms with Crippen molar-refractivity contribution in [2.24, 2.45) is 5.92 Å². The average molecular weight is 310 g/mol. The first-order chi connectivity index (χ1) is 9.72. The Balaban J connectivity index is 0.00000161. The second kappa shape index (κ2) is 6.91. The zero-order chi connectivity index (χ0) is 13.9. The Morgan fingerprint density at radius 3 is 2.29 bits per heavy atom. The highest BCUT2D eigenvalue weighted by Crippen LogP contribution is 2.30. The topological polar surface area (TPSA) is 70.2 Å². The molecule has 1 saturated heterocycles. The van der Waals surface area contributed by atoms with Crippen LogP contribution in [0.1, 0.15) is 25.7 Å². The number of carbonyl (C=O) groups is 2. The Kier molecular flexibility index (Phi) is 5.20. The third kappa shape index (κ3) is 4.19. The number of halogens is 1. The van der Waals surface area contributed by atoms with E-state index < -0.39 is 0 Å². The first kappa shape index (κ1) is 15.8. The second-order valence-corrected chi connectivity index (χ2v) is 5.48. The van der Waals surface area contributed by atoms with Gasteiger partial charge in [-0.25, -0.2) is 0 Å². The summed E-state index contributed by atoms with van der Waals surface area (Å²) in [5.74, 6) is 0.245. The van der Waals surface area contributed by atoms with Crippen LogP contribution in [0.5, 0.6) is 0 Å². The molecule has 1 unspecified atom stereocenters. The van der Waals surface area contributed by atoms with Gasteiger partial charge in [0, 0.05) is 17.3 Å². The van der Waals surface area contributed by atoms with E-state index in [-0.39, 0.29) is 36.2 Å². The Labute approximate surface area is 130 Å². The fraction of sp³-hybridized carbons (Fsp3) is 0.467. The molecule has 0 aromatic heterocycles. The number of hydrogen-bond acceptors (Lipinski definition) is 3. The monoisotopic (exact) mass is 309 g/mol. The van der Waals surface area contributed by atoms with Crippen molar-refractivity contribution in [1.29, 1.82) is 0 Å². The van der Waals surface area contributed by atoms with Gasteiger partial charge in [0.05, 0.1) is 6.04 Å². The molecule has 1 aromatic rings. The molecule has 1 saturated carbocycles. The van der Waals surface area contributed by atoms with Crippen LogP contribution in [0, 0.1) is 5.92 Å². The van der Waals surface area contributed by atoms with E-state index in [4.69, 9.17) is 0 Å². The molecule has 1 atom stereocenters. The van der Waals surface area contributed by atoms with E-state index in [0.29, 0.717) is 0 Å². The molecule has 1 heterocycles. The van der Waals surface area contributed by atoms with Gasteiger partial charge in [-0.1, -0.05) is 6.07 Å². The van der Waals surface area contributed by atoms with Gasteiger partial charge in [0.15, 0.2) is 0 Å². The number of benzene rings is 1. The maximum atomic E-state index is 12.0. The van der Waals surface area contributed by atoms with Crippen molar-refractivity contribution < 1.29 is 9.59 Å². The molecule has 6 heteroatoms. The van der Waals surface area contributed by atoms with Crippen LogP contribution in [0.3, 0.4) is 0 Å². The maximum absolute atomic E-state index is 12.0. The van der Waals surface area contributed by atoms with E-state index in [0.717, 1.165) is 43.6 Å². The van der Waals surface area contributed by atoms with E-state index in [2.05, 4.69) is 16.0 Å². The molecule has 0 bridgehead atoms. The second-order valence-electron chi connectivity index (χ2n) is 5.48. The van der Waals surface area contributed by atoms with Gasteiger partial charge in [-0.05, 0) is 50.4 Å². The smallest absolute Gasteiger partial charge is 0.241 e. The molecular formula is C15H20ClN3O2. The minimum absolute atomic E-state index is 0. The minimum Gasteiger partial charge on any atom is -0.326 e. The normalized spacial score (nSPS) is 20.5. The molecular weight excluding hydrogens is 290 g/mol. The SMILES string of the molecule is Cl.O=C(Nc1cccc(NC(=O)C2CCCN2)c1)C1CC1. The molecule has 1 aliphatic carbocycles. The predicted molar refractivity (Wildman–Crippen MR) is 84.7 cm³/mol. The van der Waals surface area contributed by atoms with Gasteiger partial charge >= 0.3 is 0 Å². The summed E-state index contributed by atoms with van der Waals surface area (Å²) in [7, 11) is 0. The lowest BCUT2D eigenvalue weighted by atomic mass is 10.2. The van der Waals surface area contributed by atoms with Gasteiger partial charge in [0.1, 0.15) is 0 Å². The van der Waals surface area contributed by atoms with Crippen molar-refractivity contribution in [3.8, 4) is 0 Å². The Bertz CT molecular complexity index is 525. The van der Waals surface area contributed by atoms with Crippen LogP contribution < -0.4 is 16.0 Å². The molecule has 5 nitrogen and oxygen atoms in total. The fourth-order valence-corrected chi connectivity index (χ4v) is 2.40. The Hall–Kier alpha value is -1.59. The van der Waals surface area contributed by atoms with Crippen LogP contribution in [0.2, 0.25) is 0 Å². The molecule has 21 heavy (non-hydrogen) atoms. The van der Waals surface area contributed by atoms with E-state index in [1.807, 2.05) is 18.2 Å². The van der Waals surface area contributed by atoms with Crippen LogP contribution in [0.4, 0.5) is 11.4 Å². The quantitative estimate of drug-likeness (QED) is 0.798. The van der Waals surface area contributed by atoms with E-state index in [1.54, 1.807) is 6.07 Å². The number of carbonyl (C=O) groups excluding carboxylic acids is 2. The molecule has 0 radical (unpaired) electrons. The lowest BCUT2D eigenvalue weighted by molar-refractivity contribution is -0.118. The highest BCUT2D eigenvalue weighted by atomic mass is 35.5. The van der Waals surface area contributed by atoms with Gasteiger partial charge in [0.25, 0.3) is 0 Å². The summed E-state index contributed by atoms with van der Waals surface area (Å²) in [5.41, 5.74) is 1.45. The van der Waals surface area contributed by atoms with Crippen molar-refractivity contribution >= 4 is 35.6 Å². The highest BCUT2D eigenvalue weighted by Gasteiger charge is 2.29. The molecule has 2 fully saturated rings. The molecule has 0 spiro atoms. The van der Waals surface area contributed by atoms with E-state index >= 15 is 0 Å². The number of nitrogens with one attached hydrogen (secondary N) is 3. The fourth-order valence-electron chi connectivity index (χ4n) is 2.40. The molecule has 3 rings (SSSR count). The summed E-state index contributed by atoms with van der Waals surface area (Å²) in [5, 5.41) is 8.94. The maximum Gasteiger partial charge on any atom is 0.241 e. The van der Waals surface area contributed by atoms with Crippen LogP contribution in [0.25, 0.3) is 0 Å². The van der Waals surface area contributed by atoms with Crippen molar-refractivity contribution in [3.05, 3.63) is 24.3 Å². The lowest BCUT2D eigenvalue weighted by Crippen LogP contribution is -2.35. The summed E-state index contributed by atoms with van der Waals surface area (Å²) in [6.45, 7) is 0.898. The summed E-state index contributed by atoms with van der Waals surface area (Å²) in [6.07, 6.45) is 3.88. The molecule has 114 valence electrons. The van der Waals surface area contributed by atoms with Crippen LogP contribution in [-0.4, -0.2) is 24.4 Å². The van der Waals surface area contributed by atoms with E-state index in [9.17, 15) is 9.59 Å². The third-order valence-corrected chi connectivity index (χ3v) is 3.72. The number of hydrogen-bond donors (Lipinski definition) is 3. The zero-order valence-corrected chi connectivity index (χ0v) is 12.5. The third-order valence-electron chi connectivity index (χ3n) is 3.72. The lowest BCUT2D eigenvalue weighted by Gasteiger charge is -2.12. The summed E-state index contributed by atoms with van der Waals surface area (Å²) in [4.78, 5) is 23.7. The van der Waals surface area contributed by atoms with Crippen molar-refractivity contribution in [3.63, 3.8) is 0 Å². The Morgan fingerprint density at radius 2 is 1.71 bits per heavy atom. The number of rotatable bonds is 4. The summed E-state index contributed by atoms with van der Waals surface area (Å²) < 4.78 is 0. The molecule has 1 aromatic carbocycles. The highest BCUT2D eigenvalue weighted by molar-refractivity contribution is 5.97. The first-order valence-corrected chi connectivity index (χ1v) is 7.17. The predicted octanol–water partition coefficient (Wildman–Crippen LogP) is 2.15. The molecule has 3 N–H and O–H groups in total. The zero-order valence-electron chi connectivity index (χ0n) is 11.7. The molecule has 1 aliphatic heterocycles. The number of anilines is 2. The van der Waals surface area contributed by atoms with Gasteiger partial charge in [-0.2, -0.15) is 0 Å². The van der Waals surface area contributed by atoms with Gasteiger partial charge in [-0.15, -0.1) is 12.4 Å². The molecule has 2 aliphatic rings. The number of amides is 2. The van der Waals surface area contributed by atoms with Crippen molar-refractivity contribution in [2.45, 2.75) is 31.7 Å². The van der Waals surface area contributed by atoms with Gasteiger partial charge in [-0.3, -0.25) is 9.59 Å². The van der Waals surface area contributed by atoms with Crippen molar-refractivity contribution in [1.82, 2.24) is 5.32 Å². The van der Waals surface area contributed by atoms with Crippen LogP contribution in [0.15, 0.2) is 24.3 Å².